The summed E-state index contributed by atoms with van der Waals surface area (Å²) in [5, 5.41) is 13.0. The smallest absolute Gasteiger partial charge is 0.388 e. The number of halogens is 6. The summed E-state index contributed by atoms with van der Waals surface area (Å²) in [6.07, 6.45) is -5.34. The highest BCUT2D eigenvalue weighted by atomic mass is 79.9. The molecule has 3 rings (SSSR count). The molecular weight excluding hydrogens is 428 g/mol. The molecule has 0 aromatic heterocycles. The van der Waals surface area contributed by atoms with E-state index in [0.717, 1.165) is 12.1 Å². The fraction of sp³-hybridized carbons (Fsp3) is 0.176. The number of hydrogen-bond donors (Lipinski definition) is 1. The molecule has 0 bridgehead atoms. The molecule has 24 heavy (non-hydrogen) atoms. The van der Waals surface area contributed by atoms with Gasteiger partial charge in [-0.05, 0) is 46.0 Å². The highest BCUT2D eigenvalue weighted by molar-refractivity contribution is 9.09. The minimum absolute atomic E-state index is 0.243. The van der Waals surface area contributed by atoms with Gasteiger partial charge in [0.1, 0.15) is 0 Å². The Bertz CT molecular complexity index is 941. The molecule has 0 aliphatic heterocycles. The Morgan fingerprint density at radius 1 is 0.958 bits per heavy atom. The van der Waals surface area contributed by atoms with E-state index in [0.29, 0.717) is 32.1 Å². The molecule has 0 saturated carbocycles. The predicted octanol–water partition coefficient (Wildman–Crippen LogP) is 6.75. The molecule has 0 heterocycles. The van der Waals surface area contributed by atoms with Crippen molar-refractivity contribution in [1.82, 2.24) is 0 Å². The zero-order chi connectivity index (χ0) is 17.6. The van der Waals surface area contributed by atoms with Crippen LogP contribution in [-0.4, -0.2) is 10.4 Å². The van der Waals surface area contributed by atoms with Crippen molar-refractivity contribution in [2.45, 2.75) is 12.3 Å². The van der Waals surface area contributed by atoms with E-state index >= 15 is 0 Å². The molecule has 1 N–H and O–H groups in total. The second-order valence-electron chi connectivity index (χ2n) is 5.35. The van der Waals surface area contributed by atoms with Gasteiger partial charge in [-0.1, -0.05) is 51.3 Å². The Labute approximate surface area is 154 Å². The monoisotopic (exact) mass is 436 g/mol. The zero-order valence-corrected chi connectivity index (χ0v) is 15.1. The van der Waals surface area contributed by atoms with Crippen LogP contribution in [0, 0.1) is 0 Å². The van der Waals surface area contributed by atoms with Gasteiger partial charge in [0.05, 0.1) is 21.7 Å². The summed E-state index contributed by atoms with van der Waals surface area (Å²) in [5.74, 6) is 0. The average Bonchev–Trinajstić information content (AvgIpc) is 2.55. The van der Waals surface area contributed by atoms with Crippen LogP contribution in [0.25, 0.3) is 21.5 Å². The molecule has 1 nitrogen and oxygen atoms in total. The van der Waals surface area contributed by atoms with Crippen molar-refractivity contribution in [3.63, 3.8) is 0 Å². The van der Waals surface area contributed by atoms with Crippen molar-refractivity contribution in [1.29, 1.82) is 0 Å². The quantitative estimate of drug-likeness (QED) is 0.347. The van der Waals surface area contributed by atoms with Crippen molar-refractivity contribution in [3.05, 3.63) is 57.6 Å². The molecule has 0 unspecified atom stereocenters. The number of fused-ring (bicyclic) bond motifs is 3. The van der Waals surface area contributed by atoms with Gasteiger partial charge in [-0.2, -0.15) is 13.2 Å². The highest BCUT2D eigenvalue weighted by Gasteiger charge is 2.31. The maximum absolute atomic E-state index is 13.1. The van der Waals surface area contributed by atoms with Crippen molar-refractivity contribution in [2.75, 3.05) is 5.33 Å². The Morgan fingerprint density at radius 3 is 2.25 bits per heavy atom. The van der Waals surface area contributed by atoms with Crippen molar-refractivity contribution in [3.8, 4) is 0 Å². The lowest BCUT2D eigenvalue weighted by Gasteiger charge is -2.17. The standard InChI is InChI=1S/C17H10BrCl2F3O/c18-7-15(24)12-6-13-10(3-4-14(19)16(13)20)11-5-8(17(21,22)23)1-2-9(11)12/h1-6,15,24H,7H2/t15-/m0/s1. The van der Waals surface area contributed by atoms with Crippen molar-refractivity contribution >= 4 is 60.7 Å². The van der Waals surface area contributed by atoms with Gasteiger partial charge in [-0.15, -0.1) is 0 Å². The molecule has 0 fully saturated rings. The van der Waals surface area contributed by atoms with Crippen LogP contribution in [0.15, 0.2) is 36.4 Å². The van der Waals surface area contributed by atoms with Gasteiger partial charge in [0.15, 0.2) is 0 Å². The third kappa shape index (κ3) is 2.99. The molecule has 1 atom stereocenters. The topological polar surface area (TPSA) is 20.2 Å². The van der Waals surface area contributed by atoms with Crippen LogP contribution in [0.4, 0.5) is 13.2 Å². The van der Waals surface area contributed by atoms with Crippen LogP contribution in [-0.2, 0) is 6.18 Å². The number of alkyl halides is 4. The van der Waals surface area contributed by atoms with Crippen LogP contribution < -0.4 is 0 Å². The van der Waals surface area contributed by atoms with Crippen LogP contribution in [0.3, 0.4) is 0 Å². The fourth-order valence-corrected chi connectivity index (χ4v) is 3.46. The molecule has 0 amide bonds. The SMILES string of the molecule is O[C@@H](CBr)c1cc2c(Cl)c(Cl)ccc2c2cc(C(F)(F)F)ccc12. The van der Waals surface area contributed by atoms with Crippen molar-refractivity contribution < 1.29 is 18.3 Å². The third-order valence-corrected chi connectivity index (χ3v) is 5.32. The molecule has 0 radical (unpaired) electrons. The van der Waals surface area contributed by atoms with Crippen LogP contribution in [0.1, 0.15) is 17.2 Å². The summed E-state index contributed by atoms with van der Waals surface area (Å²) >= 11 is 15.4. The molecule has 0 aliphatic rings. The van der Waals surface area contributed by atoms with Crippen LogP contribution >= 0.6 is 39.1 Å². The number of hydrogen-bond acceptors (Lipinski definition) is 1. The Balaban J connectivity index is 2.49. The Kier molecular flexibility index (Phi) is 4.73. The van der Waals surface area contributed by atoms with E-state index in [1.165, 1.54) is 6.07 Å². The van der Waals surface area contributed by atoms with Gasteiger partial charge in [0.2, 0.25) is 0 Å². The number of benzene rings is 3. The van der Waals surface area contributed by atoms with Gasteiger partial charge < -0.3 is 5.11 Å². The second kappa shape index (κ2) is 6.37. The third-order valence-electron chi connectivity index (χ3n) is 3.89. The lowest BCUT2D eigenvalue weighted by molar-refractivity contribution is -0.137. The minimum Gasteiger partial charge on any atom is -0.388 e. The normalized spacial score (nSPS) is 13.6. The maximum Gasteiger partial charge on any atom is 0.416 e. The molecule has 0 spiro atoms. The molecular formula is C17H10BrCl2F3O. The minimum atomic E-state index is -4.46. The lowest BCUT2D eigenvalue weighted by Crippen LogP contribution is -2.05. The highest BCUT2D eigenvalue weighted by Crippen LogP contribution is 2.40. The Hall–Kier alpha value is -1.01. The van der Waals surface area contributed by atoms with Crippen LogP contribution in [0.2, 0.25) is 10.0 Å². The van der Waals surface area contributed by atoms with E-state index in [4.69, 9.17) is 23.2 Å². The van der Waals surface area contributed by atoms with E-state index < -0.39 is 17.8 Å². The first-order valence-corrected chi connectivity index (χ1v) is 8.77. The lowest BCUT2D eigenvalue weighted by atomic mass is 9.93. The zero-order valence-electron chi connectivity index (χ0n) is 12.0. The van der Waals surface area contributed by atoms with E-state index in [2.05, 4.69) is 15.9 Å². The van der Waals surface area contributed by atoms with Gasteiger partial charge in [-0.3, -0.25) is 0 Å². The molecule has 3 aromatic carbocycles. The summed E-state index contributed by atoms with van der Waals surface area (Å²) in [4.78, 5) is 0. The van der Waals surface area contributed by atoms with E-state index in [1.54, 1.807) is 18.2 Å². The maximum atomic E-state index is 13.1. The van der Waals surface area contributed by atoms with E-state index in [9.17, 15) is 18.3 Å². The van der Waals surface area contributed by atoms with Gasteiger partial charge in [0, 0.05) is 10.7 Å². The van der Waals surface area contributed by atoms with E-state index in [-0.39, 0.29) is 10.4 Å². The summed E-state index contributed by atoms with van der Waals surface area (Å²) in [6, 6.07) is 8.32. The summed E-state index contributed by atoms with van der Waals surface area (Å²) in [7, 11) is 0. The molecule has 7 heteroatoms. The Morgan fingerprint density at radius 2 is 1.62 bits per heavy atom. The fourth-order valence-electron chi connectivity index (χ4n) is 2.73. The molecule has 3 aromatic rings. The van der Waals surface area contributed by atoms with Gasteiger partial charge in [0.25, 0.3) is 0 Å². The first-order valence-electron chi connectivity index (χ1n) is 6.89. The summed E-state index contributed by atoms with van der Waals surface area (Å²) in [6.45, 7) is 0. The largest absolute Gasteiger partial charge is 0.416 e. The van der Waals surface area contributed by atoms with Crippen molar-refractivity contribution in [2.24, 2.45) is 0 Å². The second-order valence-corrected chi connectivity index (χ2v) is 6.78. The average molecular weight is 438 g/mol. The predicted molar refractivity (Wildman–Crippen MR) is 95.2 cm³/mol. The van der Waals surface area contributed by atoms with E-state index in [1.807, 2.05) is 0 Å². The first kappa shape index (κ1) is 17.8. The summed E-state index contributed by atoms with van der Waals surface area (Å²) < 4.78 is 39.2. The number of rotatable bonds is 2. The number of aliphatic hydroxyl groups excluding tert-OH is 1. The summed E-state index contributed by atoms with van der Waals surface area (Å²) in [5.41, 5.74) is -0.264. The molecule has 0 aliphatic carbocycles. The number of aliphatic hydroxyl groups is 1. The van der Waals surface area contributed by atoms with Gasteiger partial charge in [-0.25, -0.2) is 0 Å². The molecule has 0 saturated heterocycles. The molecule has 126 valence electrons. The van der Waals surface area contributed by atoms with Crippen LogP contribution in [0.5, 0.6) is 0 Å². The van der Waals surface area contributed by atoms with Gasteiger partial charge >= 0.3 is 6.18 Å². The first-order chi connectivity index (χ1) is 11.2.